The summed E-state index contributed by atoms with van der Waals surface area (Å²) in [4.78, 5) is 11.2. The molecule has 5 nitrogen and oxygen atoms in total. The first kappa shape index (κ1) is 17.4. The molecule has 0 aromatic heterocycles. The second-order valence-corrected chi connectivity index (χ2v) is 4.63. The molecule has 5 heteroatoms. The molecule has 2 N–H and O–H groups in total. The topological polar surface area (TPSA) is 67.8 Å². The molecule has 0 radical (unpaired) electrons. The van der Waals surface area contributed by atoms with Crippen molar-refractivity contribution in [3.05, 3.63) is 0 Å². The molecule has 0 heterocycles. The second kappa shape index (κ2) is 10.3. The molecule has 0 aromatic rings. The fraction of sp³-hybridized carbons (Fsp3) is 0.923. The zero-order chi connectivity index (χ0) is 13.9. The molecule has 0 fully saturated rings. The Balaban J connectivity index is 3.73. The zero-order valence-corrected chi connectivity index (χ0v) is 11.8. The SMILES string of the molecule is CCCNC(C)(CCCCOCCOC)C(=O)O. The molecular weight excluding hydrogens is 234 g/mol. The van der Waals surface area contributed by atoms with E-state index in [1.807, 2.05) is 6.92 Å². The maximum absolute atomic E-state index is 11.2. The monoisotopic (exact) mass is 261 g/mol. The molecule has 0 aliphatic carbocycles. The van der Waals surface area contributed by atoms with Crippen LogP contribution in [0.15, 0.2) is 0 Å². The molecule has 0 bridgehead atoms. The van der Waals surface area contributed by atoms with E-state index in [0.717, 1.165) is 25.8 Å². The highest BCUT2D eigenvalue weighted by molar-refractivity contribution is 5.78. The number of hydrogen-bond acceptors (Lipinski definition) is 4. The predicted molar refractivity (Wildman–Crippen MR) is 70.9 cm³/mol. The van der Waals surface area contributed by atoms with Gasteiger partial charge < -0.3 is 19.9 Å². The molecule has 0 saturated heterocycles. The minimum atomic E-state index is -0.817. The van der Waals surface area contributed by atoms with Crippen molar-refractivity contribution in [2.24, 2.45) is 0 Å². The van der Waals surface area contributed by atoms with Gasteiger partial charge in [0.25, 0.3) is 0 Å². The normalized spacial score (nSPS) is 14.4. The lowest BCUT2D eigenvalue weighted by Crippen LogP contribution is -2.49. The molecule has 0 spiro atoms. The van der Waals surface area contributed by atoms with Crippen molar-refractivity contribution in [1.82, 2.24) is 5.32 Å². The van der Waals surface area contributed by atoms with Crippen LogP contribution in [0.1, 0.15) is 39.5 Å². The number of rotatable bonds is 12. The number of hydrogen-bond donors (Lipinski definition) is 2. The quantitative estimate of drug-likeness (QED) is 0.523. The summed E-state index contributed by atoms with van der Waals surface area (Å²) in [6, 6.07) is 0. The molecule has 0 rings (SSSR count). The second-order valence-electron chi connectivity index (χ2n) is 4.63. The molecular formula is C13H27NO4. The standard InChI is InChI=1S/C13H27NO4/c1-4-8-14-13(2,12(15)16)7-5-6-9-18-11-10-17-3/h14H,4-11H2,1-3H3,(H,15,16). The number of aliphatic carboxylic acids is 1. The number of unbranched alkanes of at least 4 members (excludes halogenated alkanes) is 1. The number of ether oxygens (including phenoxy) is 2. The Morgan fingerprint density at radius 3 is 2.56 bits per heavy atom. The third kappa shape index (κ3) is 7.63. The van der Waals surface area contributed by atoms with E-state index in [2.05, 4.69) is 5.32 Å². The van der Waals surface area contributed by atoms with E-state index in [4.69, 9.17) is 9.47 Å². The van der Waals surface area contributed by atoms with Crippen LogP contribution in [0.4, 0.5) is 0 Å². The Hall–Kier alpha value is -0.650. The van der Waals surface area contributed by atoms with Crippen LogP contribution in [0.25, 0.3) is 0 Å². The highest BCUT2D eigenvalue weighted by Crippen LogP contribution is 2.14. The Labute approximate surface area is 110 Å². The van der Waals surface area contributed by atoms with Gasteiger partial charge in [0.2, 0.25) is 0 Å². The summed E-state index contributed by atoms with van der Waals surface area (Å²) >= 11 is 0. The lowest BCUT2D eigenvalue weighted by atomic mass is 9.95. The molecule has 0 amide bonds. The average molecular weight is 261 g/mol. The summed E-state index contributed by atoms with van der Waals surface area (Å²) in [5, 5.41) is 12.3. The van der Waals surface area contributed by atoms with E-state index < -0.39 is 11.5 Å². The molecule has 1 atom stereocenters. The molecule has 108 valence electrons. The van der Waals surface area contributed by atoms with Crippen molar-refractivity contribution < 1.29 is 19.4 Å². The molecule has 0 aromatic carbocycles. The van der Waals surface area contributed by atoms with Gasteiger partial charge in [-0.25, -0.2) is 0 Å². The van der Waals surface area contributed by atoms with Crippen LogP contribution >= 0.6 is 0 Å². The van der Waals surface area contributed by atoms with Gasteiger partial charge in [-0.05, 0) is 39.2 Å². The lowest BCUT2D eigenvalue weighted by Gasteiger charge is -2.26. The number of carbonyl (C=O) groups is 1. The van der Waals surface area contributed by atoms with Gasteiger partial charge in [0.1, 0.15) is 5.54 Å². The van der Waals surface area contributed by atoms with Gasteiger partial charge in [0.05, 0.1) is 13.2 Å². The van der Waals surface area contributed by atoms with Crippen molar-refractivity contribution in [2.75, 3.05) is 33.5 Å². The molecule has 0 saturated carbocycles. The van der Waals surface area contributed by atoms with Crippen LogP contribution in [-0.2, 0) is 14.3 Å². The summed E-state index contributed by atoms with van der Waals surface area (Å²) in [6.45, 7) is 6.36. The lowest BCUT2D eigenvalue weighted by molar-refractivity contribution is -0.144. The molecule has 0 aliphatic rings. The van der Waals surface area contributed by atoms with Crippen LogP contribution < -0.4 is 5.32 Å². The van der Waals surface area contributed by atoms with Crippen molar-refractivity contribution in [1.29, 1.82) is 0 Å². The first-order chi connectivity index (χ1) is 8.56. The van der Waals surface area contributed by atoms with Crippen LogP contribution in [0.2, 0.25) is 0 Å². The number of carboxylic acid groups (broad SMARTS) is 1. The number of carboxylic acids is 1. The smallest absolute Gasteiger partial charge is 0.323 e. The van der Waals surface area contributed by atoms with Gasteiger partial charge in [-0.15, -0.1) is 0 Å². The van der Waals surface area contributed by atoms with Gasteiger partial charge in [-0.2, -0.15) is 0 Å². The predicted octanol–water partition coefficient (Wildman–Crippen LogP) is 1.66. The number of methoxy groups -OCH3 is 1. The molecule has 0 aliphatic heterocycles. The third-order valence-electron chi connectivity index (χ3n) is 2.88. The largest absolute Gasteiger partial charge is 0.480 e. The summed E-state index contributed by atoms with van der Waals surface area (Å²) < 4.78 is 10.2. The van der Waals surface area contributed by atoms with Crippen LogP contribution in [0.5, 0.6) is 0 Å². The van der Waals surface area contributed by atoms with Crippen molar-refractivity contribution in [3.8, 4) is 0 Å². The van der Waals surface area contributed by atoms with Crippen LogP contribution in [-0.4, -0.2) is 50.1 Å². The highest BCUT2D eigenvalue weighted by Gasteiger charge is 2.31. The molecule has 18 heavy (non-hydrogen) atoms. The highest BCUT2D eigenvalue weighted by atomic mass is 16.5. The summed E-state index contributed by atoms with van der Waals surface area (Å²) in [6.07, 6.45) is 3.27. The van der Waals surface area contributed by atoms with Gasteiger partial charge in [-0.3, -0.25) is 4.79 Å². The van der Waals surface area contributed by atoms with Crippen LogP contribution in [0, 0.1) is 0 Å². The Morgan fingerprint density at radius 1 is 1.28 bits per heavy atom. The van der Waals surface area contributed by atoms with E-state index in [1.165, 1.54) is 0 Å². The van der Waals surface area contributed by atoms with Gasteiger partial charge in [0, 0.05) is 13.7 Å². The van der Waals surface area contributed by atoms with Crippen molar-refractivity contribution in [2.45, 2.75) is 45.1 Å². The fourth-order valence-corrected chi connectivity index (χ4v) is 1.60. The average Bonchev–Trinajstić information content (AvgIpc) is 2.35. The van der Waals surface area contributed by atoms with Gasteiger partial charge in [0.15, 0.2) is 0 Å². The van der Waals surface area contributed by atoms with E-state index in [-0.39, 0.29) is 0 Å². The Kier molecular flexibility index (Phi) is 9.92. The first-order valence-corrected chi connectivity index (χ1v) is 6.62. The minimum Gasteiger partial charge on any atom is -0.480 e. The molecule has 1 unspecified atom stereocenters. The Morgan fingerprint density at radius 2 is 2.00 bits per heavy atom. The van der Waals surface area contributed by atoms with E-state index in [1.54, 1.807) is 14.0 Å². The van der Waals surface area contributed by atoms with Crippen molar-refractivity contribution >= 4 is 5.97 Å². The van der Waals surface area contributed by atoms with Crippen LogP contribution in [0.3, 0.4) is 0 Å². The van der Waals surface area contributed by atoms with E-state index in [9.17, 15) is 9.90 Å². The zero-order valence-electron chi connectivity index (χ0n) is 11.8. The first-order valence-electron chi connectivity index (χ1n) is 6.62. The third-order valence-corrected chi connectivity index (χ3v) is 2.88. The Bertz CT molecular complexity index is 223. The fourth-order valence-electron chi connectivity index (χ4n) is 1.60. The summed E-state index contributed by atoms with van der Waals surface area (Å²) in [7, 11) is 1.64. The maximum Gasteiger partial charge on any atom is 0.323 e. The van der Waals surface area contributed by atoms with E-state index >= 15 is 0 Å². The van der Waals surface area contributed by atoms with E-state index in [0.29, 0.717) is 26.2 Å². The number of nitrogens with one attached hydrogen (secondary N) is 1. The van der Waals surface area contributed by atoms with Crippen molar-refractivity contribution in [3.63, 3.8) is 0 Å². The minimum absolute atomic E-state index is 0.598. The summed E-state index contributed by atoms with van der Waals surface area (Å²) in [5.41, 5.74) is -0.817. The summed E-state index contributed by atoms with van der Waals surface area (Å²) in [5.74, 6) is -0.781. The van der Waals surface area contributed by atoms with Gasteiger partial charge >= 0.3 is 5.97 Å². The van der Waals surface area contributed by atoms with Gasteiger partial charge in [-0.1, -0.05) is 6.92 Å². The maximum atomic E-state index is 11.2.